The van der Waals surface area contributed by atoms with Crippen LogP contribution in [0.3, 0.4) is 0 Å². The third-order valence-corrected chi connectivity index (χ3v) is 4.75. The Morgan fingerprint density at radius 2 is 1.89 bits per heavy atom. The van der Waals surface area contributed by atoms with Gasteiger partial charge in [-0.3, -0.25) is 0 Å². The van der Waals surface area contributed by atoms with E-state index in [4.69, 9.17) is 17.3 Å². The normalized spacial score (nSPS) is 14.4. The number of hydrogen-bond donors (Lipinski definition) is 2. The Bertz CT molecular complexity index is 582. The third kappa shape index (κ3) is 3.81. The van der Waals surface area contributed by atoms with E-state index in [-0.39, 0.29) is 22.2 Å². The van der Waals surface area contributed by atoms with Gasteiger partial charge in [0.05, 0.1) is 5.02 Å². The van der Waals surface area contributed by atoms with Crippen LogP contribution >= 0.6 is 11.6 Å². The van der Waals surface area contributed by atoms with Crippen LogP contribution in [0.15, 0.2) is 17.0 Å². The van der Waals surface area contributed by atoms with Crippen molar-refractivity contribution in [3.8, 4) is 0 Å². The summed E-state index contributed by atoms with van der Waals surface area (Å²) in [5, 5.41) is -0.316. The Morgan fingerprint density at radius 1 is 1.37 bits per heavy atom. The van der Waals surface area contributed by atoms with Crippen LogP contribution in [0.1, 0.15) is 27.7 Å². The average molecular weight is 309 g/mol. The zero-order chi connectivity index (χ0) is 15.0. The maximum absolute atomic E-state index is 13.8. The highest BCUT2D eigenvalue weighted by molar-refractivity contribution is 7.89. The van der Waals surface area contributed by atoms with Gasteiger partial charge in [-0.25, -0.2) is 17.5 Å². The summed E-state index contributed by atoms with van der Waals surface area (Å²) in [5.41, 5.74) is 5.29. The van der Waals surface area contributed by atoms with E-state index in [1.807, 2.05) is 20.8 Å². The van der Waals surface area contributed by atoms with E-state index in [1.54, 1.807) is 6.92 Å². The monoisotopic (exact) mass is 308 g/mol. The van der Waals surface area contributed by atoms with Gasteiger partial charge in [-0.1, -0.05) is 32.4 Å². The summed E-state index contributed by atoms with van der Waals surface area (Å²) < 4.78 is 40.5. The third-order valence-electron chi connectivity index (χ3n) is 2.94. The van der Waals surface area contributed by atoms with Gasteiger partial charge in [0, 0.05) is 11.7 Å². The molecule has 0 saturated carbocycles. The molecular weight excluding hydrogens is 291 g/mol. The van der Waals surface area contributed by atoms with Gasteiger partial charge in [0.25, 0.3) is 0 Å². The van der Waals surface area contributed by atoms with E-state index in [0.29, 0.717) is 0 Å². The molecule has 3 N–H and O–H groups in total. The van der Waals surface area contributed by atoms with Crippen LogP contribution in [0.5, 0.6) is 0 Å². The average Bonchev–Trinajstić information content (AvgIpc) is 2.21. The highest BCUT2D eigenvalue weighted by Crippen LogP contribution is 2.27. The van der Waals surface area contributed by atoms with Crippen LogP contribution < -0.4 is 10.5 Å². The lowest BCUT2D eigenvalue weighted by molar-refractivity contribution is 0.317. The van der Waals surface area contributed by atoms with Crippen molar-refractivity contribution in [2.75, 3.05) is 5.73 Å². The Hall–Kier alpha value is -0.850. The molecule has 0 heterocycles. The van der Waals surface area contributed by atoms with Crippen molar-refractivity contribution >= 4 is 27.3 Å². The molecule has 0 bridgehead atoms. The molecule has 0 radical (unpaired) electrons. The molecule has 1 unspecified atom stereocenters. The van der Waals surface area contributed by atoms with Crippen molar-refractivity contribution in [3.63, 3.8) is 0 Å². The summed E-state index contributed by atoms with van der Waals surface area (Å²) in [7, 11) is -4.01. The Morgan fingerprint density at radius 3 is 2.37 bits per heavy atom. The second-order valence-electron chi connectivity index (χ2n) is 5.52. The SMILES string of the molecule is CC(NS(=O)(=O)c1cc(N)cc(Cl)c1F)C(C)(C)C. The van der Waals surface area contributed by atoms with Gasteiger partial charge in [-0.2, -0.15) is 0 Å². The molecular formula is C12H18ClFN2O2S. The summed E-state index contributed by atoms with van der Waals surface area (Å²) in [5.74, 6) is -0.996. The fraction of sp³-hybridized carbons (Fsp3) is 0.500. The predicted molar refractivity (Wildman–Crippen MR) is 75.1 cm³/mol. The smallest absolute Gasteiger partial charge is 0.243 e. The first-order valence-corrected chi connectivity index (χ1v) is 7.58. The molecule has 0 aromatic heterocycles. The molecule has 0 aliphatic carbocycles. The number of anilines is 1. The number of nitrogen functional groups attached to an aromatic ring is 1. The van der Waals surface area contributed by atoms with Crippen molar-refractivity contribution in [2.45, 2.75) is 38.6 Å². The standard InChI is InChI=1S/C12H18ClFN2O2S/c1-7(12(2,3)4)16-19(17,18)10-6-8(15)5-9(13)11(10)14/h5-7,16H,15H2,1-4H3. The number of halogens is 2. The fourth-order valence-electron chi connectivity index (χ4n) is 1.25. The van der Waals surface area contributed by atoms with Crippen LogP contribution in [-0.2, 0) is 10.0 Å². The zero-order valence-corrected chi connectivity index (χ0v) is 12.9. The van der Waals surface area contributed by atoms with E-state index in [0.717, 1.165) is 6.07 Å². The molecule has 1 atom stereocenters. The number of nitrogens with two attached hydrogens (primary N) is 1. The van der Waals surface area contributed by atoms with Crippen molar-refractivity contribution in [2.24, 2.45) is 5.41 Å². The highest BCUT2D eigenvalue weighted by atomic mass is 35.5. The van der Waals surface area contributed by atoms with Gasteiger partial charge in [0.2, 0.25) is 10.0 Å². The molecule has 0 amide bonds. The van der Waals surface area contributed by atoms with Gasteiger partial charge in [0.15, 0.2) is 5.82 Å². The van der Waals surface area contributed by atoms with E-state index in [2.05, 4.69) is 4.72 Å². The van der Waals surface area contributed by atoms with E-state index in [1.165, 1.54) is 6.07 Å². The molecule has 1 rings (SSSR count). The minimum Gasteiger partial charge on any atom is -0.399 e. The number of hydrogen-bond acceptors (Lipinski definition) is 3. The van der Waals surface area contributed by atoms with Crippen molar-refractivity contribution < 1.29 is 12.8 Å². The maximum atomic E-state index is 13.8. The first kappa shape index (κ1) is 16.2. The molecule has 7 heteroatoms. The summed E-state index contributed by atoms with van der Waals surface area (Å²) in [6.07, 6.45) is 0. The maximum Gasteiger partial charge on any atom is 0.243 e. The lowest BCUT2D eigenvalue weighted by Crippen LogP contribution is -2.41. The predicted octanol–water partition coefficient (Wildman–Crippen LogP) is 2.77. The van der Waals surface area contributed by atoms with E-state index >= 15 is 0 Å². The molecule has 1 aromatic rings. The molecule has 1 aromatic carbocycles. The largest absolute Gasteiger partial charge is 0.399 e. The first-order chi connectivity index (χ1) is 8.45. The Balaban J connectivity index is 3.22. The molecule has 19 heavy (non-hydrogen) atoms. The highest BCUT2D eigenvalue weighted by Gasteiger charge is 2.28. The summed E-state index contributed by atoms with van der Waals surface area (Å²) in [6, 6.07) is 1.85. The number of nitrogens with one attached hydrogen (secondary N) is 1. The topological polar surface area (TPSA) is 72.2 Å². The van der Waals surface area contributed by atoms with Crippen LogP contribution in [0.4, 0.5) is 10.1 Å². The molecule has 0 fully saturated rings. The van der Waals surface area contributed by atoms with E-state index in [9.17, 15) is 12.8 Å². The number of benzene rings is 1. The van der Waals surface area contributed by atoms with Gasteiger partial charge in [-0.05, 0) is 24.5 Å². The molecule has 4 nitrogen and oxygen atoms in total. The second-order valence-corrected chi connectivity index (χ2v) is 7.61. The lowest BCUT2D eigenvalue weighted by atomic mass is 9.89. The van der Waals surface area contributed by atoms with Gasteiger partial charge in [0.1, 0.15) is 4.90 Å². The van der Waals surface area contributed by atoms with Crippen LogP contribution in [0, 0.1) is 11.2 Å². The van der Waals surface area contributed by atoms with Crippen molar-refractivity contribution in [1.82, 2.24) is 4.72 Å². The van der Waals surface area contributed by atoms with Crippen molar-refractivity contribution in [1.29, 1.82) is 0 Å². The Labute approximate surface area is 118 Å². The first-order valence-electron chi connectivity index (χ1n) is 5.72. The number of rotatable bonds is 3. The lowest BCUT2D eigenvalue weighted by Gasteiger charge is -2.27. The molecule has 0 saturated heterocycles. The second kappa shape index (κ2) is 5.26. The summed E-state index contributed by atoms with van der Waals surface area (Å²) in [4.78, 5) is -0.534. The van der Waals surface area contributed by atoms with Crippen molar-refractivity contribution in [3.05, 3.63) is 23.0 Å². The van der Waals surface area contributed by atoms with Crippen LogP contribution in [0.25, 0.3) is 0 Å². The zero-order valence-electron chi connectivity index (χ0n) is 11.3. The fourth-order valence-corrected chi connectivity index (χ4v) is 3.12. The quantitative estimate of drug-likeness (QED) is 0.843. The van der Waals surface area contributed by atoms with Gasteiger partial charge >= 0.3 is 0 Å². The molecule has 0 spiro atoms. The van der Waals surface area contributed by atoms with Crippen LogP contribution in [0.2, 0.25) is 5.02 Å². The molecule has 0 aliphatic rings. The molecule has 108 valence electrons. The summed E-state index contributed by atoms with van der Waals surface area (Å²) >= 11 is 5.60. The van der Waals surface area contributed by atoms with Gasteiger partial charge in [-0.15, -0.1) is 0 Å². The summed E-state index contributed by atoms with van der Waals surface area (Å²) in [6.45, 7) is 7.35. The number of sulfonamides is 1. The van der Waals surface area contributed by atoms with Crippen LogP contribution in [-0.4, -0.2) is 14.5 Å². The van der Waals surface area contributed by atoms with Gasteiger partial charge < -0.3 is 5.73 Å². The molecule has 0 aliphatic heterocycles. The minimum absolute atomic E-state index is 0.0928. The minimum atomic E-state index is -4.01. The Kier molecular flexibility index (Phi) is 4.49. The van der Waals surface area contributed by atoms with E-state index < -0.39 is 20.7 Å².